The van der Waals surface area contributed by atoms with E-state index in [2.05, 4.69) is 31.3 Å². The van der Waals surface area contributed by atoms with E-state index in [1.165, 1.54) is 128 Å². The number of allylic oxidation sites excluding steroid dienone is 3. The van der Waals surface area contributed by atoms with E-state index in [1.807, 2.05) is 6.08 Å². The van der Waals surface area contributed by atoms with Crippen LogP contribution in [0.25, 0.3) is 0 Å². The summed E-state index contributed by atoms with van der Waals surface area (Å²) in [5.74, 6) is -0.0755. The smallest absolute Gasteiger partial charge is 0.220 e. The van der Waals surface area contributed by atoms with E-state index in [0.717, 1.165) is 32.1 Å². The van der Waals surface area contributed by atoms with Gasteiger partial charge in [0.05, 0.1) is 18.8 Å². The van der Waals surface area contributed by atoms with Crippen LogP contribution in [-0.2, 0) is 4.79 Å². The number of hydrogen-bond acceptors (Lipinski definition) is 3. The van der Waals surface area contributed by atoms with Gasteiger partial charge >= 0.3 is 0 Å². The Hall–Kier alpha value is -1.13. The molecule has 4 nitrogen and oxygen atoms in total. The largest absolute Gasteiger partial charge is 0.394 e. The van der Waals surface area contributed by atoms with Crippen LogP contribution >= 0.6 is 0 Å². The Kier molecular flexibility index (Phi) is 31.5. The quantitative estimate of drug-likeness (QED) is 0.0580. The van der Waals surface area contributed by atoms with Crippen LogP contribution in [0.1, 0.15) is 181 Å². The molecule has 2 atom stereocenters. The third-order valence-corrected chi connectivity index (χ3v) is 7.94. The SMILES string of the molecule is CCCCCCCCCCCC/C=C/CC/C=C/[C@@H](O)[C@H](CO)NC(=O)CCCCCCCCCCCCCC. The summed E-state index contributed by atoms with van der Waals surface area (Å²) in [7, 11) is 0. The van der Waals surface area contributed by atoms with Crippen LogP contribution in [0.4, 0.5) is 0 Å². The van der Waals surface area contributed by atoms with E-state index in [4.69, 9.17) is 0 Å². The van der Waals surface area contributed by atoms with Gasteiger partial charge in [-0.25, -0.2) is 0 Å². The van der Waals surface area contributed by atoms with Crippen molar-refractivity contribution in [1.82, 2.24) is 5.32 Å². The van der Waals surface area contributed by atoms with Crippen molar-refractivity contribution in [1.29, 1.82) is 0 Å². The zero-order valence-corrected chi connectivity index (χ0v) is 26.9. The lowest BCUT2D eigenvalue weighted by Crippen LogP contribution is -2.45. The van der Waals surface area contributed by atoms with Crippen molar-refractivity contribution in [2.75, 3.05) is 6.61 Å². The zero-order valence-electron chi connectivity index (χ0n) is 26.9. The van der Waals surface area contributed by atoms with Gasteiger partial charge < -0.3 is 15.5 Å². The van der Waals surface area contributed by atoms with Gasteiger partial charge in [0.15, 0.2) is 0 Å². The molecule has 0 unspecified atom stereocenters. The highest BCUT2D eigenvalue weighted by Gasteiger charge is 2.17. The van der Waals surface area contributed by atoms with Gasteiger partial charge in [-0.15, -0.1) is 0 Å². The average Bonchev–Trinajstić information content (AvgIpc) is 2.96. The summed E-state index contributed by atoms with van der Waals surface area (Å²) in [5, 5.41) is 22.8. The van der Waals surface area contributed by atoms with Crippen molar-refractivity contribution < 1.29 is 15.0 Å². The summed E-state index contributed by atoms with van der Waals surface area (Å²) in [4.78, 5) is 12.3. The second-order valence-electron chi connectivity index (χ2n) is 11.9. The summed E-state index contributed by atoms with van der Waals surface area (Å²) in [6, 6.07) is -0.632. The predicted molar refractivity (Wildman–Crippen MR) is 175 cm³/mol. The molecule has 0 bridgehead atoms. The number of unbranched alkanes of at least 4 members (excludes halogenated alkanes) is 22. The monoisotopic (exact) mass is 564 g/mol. The zero-order chi connectivity index (χ0) is 29.4. The molecule has 0 rings (SSSR count). The minimum atomic E-state index is -0.855. The van der Waals surface area contributed by atoms with Gasteiger partial charge in [0.2, 0.25) is 5.91 Å². The lowest BCUT2D eigenvalue weighted by molar-refractivity contribution is -0.123. The number of amides is 1. The van der Waals surface area contributed by atoms with Gasteiger partial charge in [-0.2, -0.15) is 0 Å². The molecule has 0 heterocycles. The van der Waals surface area contributed by atoms with Crippen LogP contribution in [0.3, 0.4) is 0 Å². The van der Waals surface area contributed by atoms with Crippen molar-refractivity contribution in [3.05, 3.63) is 24.3 Å². The third-order valence-electron chi connectivity index (χ3n) is 7.94. The van der Waals surface area contributed by atoms with E-state index in [1.54, 1.807) is 6.08 Å². The molecule has 0 fully saturated rings. The molecule has 4 heteroatoms. The van der Waals surface area contributed by atoms with Crippen LogP contribution in [-0.4, -0.2) is 34.9 Å². The fourth-order valence-electron chi connectivity index (χ4n) is 5.19. The Morgan fingerprint density at radius 2 is 0.975 bits per heavy atom. The standard InChI is InChI=1S/C36H69NO3/c1-3-5-7-9-11-13-15-17-18-19-20-21-23-25-27-29-31-35(39)34(33-38)37-36(40)32-30-28-26-24-22-16-14-12-10-8-6-4-2/h21,23,29,31,34-35,38-39H,3-20,22,24-28,30,32-33H2,1-2H3,(H,37,40)/b23-21+,31-29+/t34-,35+/m0/s1. The van der Waals surface area contributed by atoms with E-state index in [0.29, 0.717) is 6.42 Å². The lowest BCUT2D eigenvalue weighted by Gasteiger charge is -2.19. The molecular weight excluding hydrogens is 494 g/mol. The number of rotatable bonds is 31. The molecule has 0 aliphatic heterocycles. The highest BCUT2D eigenvalue weighted by atomic mass is 16.3. The number of aliphatic hydroxyl groups is 2. The Balaban J connectivity index is 3.68. The fourth-order valence-corrected chi connectivity index (χ4v) is 5.19. The maximum atomic E-state index is 12.3. The molecular formula is C36H69NO3. The molecule has 0 aromatic rings. The van der Waals surface area contributed by atoms with Crippen LogP contribution in [0.2, 0.25) is 0 Å². The Morgan fingerprint density at radius 3 is 1.45 bits per heavy atom. The first kappa shape index (κ1) is 38.9. The Labute approximate surface area is 249 Å². The maximum absolute atomic E-state index is 12.3. The molecule has 236 valence electrons. The molecule has 0 aliphatic rings. The molecule has 1 amide bonds. The molecule has 0 aromatic heterocycles. The Morgan fingerprint density at radius 1 is 0.575 bits per heavy atom. The van der Waals surface area contributed by atoms with Crippen molar-refractivity contribution in [3.8, 4) is 0 Å². The van der Waals surface area contributed by atoms with E-state index in [9.17, 15) is 15.0 Å². The molecule has 0 aromatic carbocycles. The lowest BCUT2D eigenvalue weighted by atomic mass is 10.0. The van der Waals surface area contributed by atoms with Crippen molar-refractivity contribution in [2.24, 2.45) is 0 Å². The third kappa shape index (κ3) is 28.4. The summed E-state index contributed by atoms with van der Waals surface area (Å²) in [6.45, 7) is 4.28. The highest BCUT2D eigenvalue weighted by Crippen LogP contribution is 2.13. The predicted octanol–water partition coefficient (Wildman–Crippen LogP) is 10.1. The minimum absolute atomic E-state index is 0.0755. The molecule has 40 heavy (non-hydrogen) atoms. The van der Waals surface area contributed by atoms with Gasteiger partial charge in [0.25, 0.3) is 0 Å². The minimum Gasteiger partial charge on any atom is -0.394 e. The number of carbonyl (C=O) groups is 1. The maximum Gasteiger partial charge on any atom is 0.220 e. The second-order valence-corrected chi connectivity index (χ2v) is 11.9. The van der Waals surface area contributed by atoms with Crippen molar-refractivity contribution >= 4 is 5.91 Å². The number of aliphatic hydroxyl groups excluding tert-OH is 2. The van der Waals surface area contributed by atoms with Crippen molar-refractivity contribution in [2.45, 2.75) is 193 Å². The first-order chi connectivity index (χ1) is 19.7. The van der Waals surface area contributed by atoms with Gasteiger partial charge in [-0.3, -0.25) is 4.79 Å². The van der Waals surface area contributed by atoms with E-state index in [-0.39, 0.29) is 12.5 Å². The molecule has 0 saturated heterocycles. The summed E-state index contributed by atoms with van der Waals surface area (Å²) >= 11 is 0. The first-order valence-corrected chi connectivity index (χ1v) is 17.6. The van der Waals surface area contributed by atoms with E-state index >= 15 is 0 Å². The van der Waals surface area contributed by atoms with Gasteiger partial charge in [-0.05, 0) is 32.1 Å². The summed E-state index contributed by atoms with van der Waals surface area (Å²) in [6.07, 6.45) is 39.7. The van der Waals surface area contributed by atoms with Crippen LogP contribution < -0.4 is 5.32 Å². The first-order valence-electron chi connectivity index (χ1n) is 17.6. The van der Waals surface area contributed by atoms with Gasteiger partial charge in [0, 0.05) is 6.42 Å². The fraction of sp³-hybridized carbons (Fsp3) is 0.861. The topological polar surface area (TPSA) is 69.6 Å². The summed E-state index contributed by atoms with van der Waals surface area (Å²) < 4.78 is 0. The normalized spacial score (nSPS) is 13.4. The second kappa shape index (κ2) is 32.4. The van der Waals surface area contributed by atoms with Crippen molar-refractivity contribution in [3.63, 3.8) is 0 Å². The highest BCUT2D eigenvalue weighted by molar-refractivity contribution is 5.76. The molecule has 0 radical (unpaired) electrons. The number of hydrogen-bond donors (Lipinski definition) is 3. The Bertz CT molecular complexity index is 574. The molecule has 0 spiro atoms. The average molecular weight is 564 g/mol. The number of carbonyl (C=O) groups excluding carboxylic acids is 1. The van der Waals surface area contributed by atoms with Crippen LogP contribution in [0.15, 0.2) is 24.3 Å². The molecule has 0 aliphatic carbocycles. The summed E-state index contributed by atoms with van der Waals surface area (Å²) in [5.41, 5.74) is 0. The van der Waals surface area contributed by atoms with Gasteiger partial charge in [-0.1, -0.05) is 167 Å². The molecule has 0 saturated carbocycles. The molecule has 3 N–H and O–H groups in total. The van der Waals surface area contributed by atoms with Crippen LogP contribution in [0.5, 0.6) is 0 Å². The van der Waals surface area contributed by atoms with E-state index < -0.39 is 12.1 Å². The van der Waals surface area contributed by atoms with Gasteiger partial charge in [0.1, 0.15) is 0 Å². The van der Waals surface area contributed by atoms with Crippen LogP contribution in [0, 0.1) is 0 Å². The number of nitrogens with one attached hydrogen (secondary N) is 1.